The van der Waals surface area contributed by atoms with Crippen LogP contribution in [0.1, 0.15) is 19.5 Å². The standard InChI is InChI=1S/C18H21N7O2/c1-11(2)9-25(10-12-5-3-4-6-20-12)18(27)17(26)23-14-8-21-16(19)13-7-22-24-15(13)14/h3-8,11H,9-10H2,1-2H3,(H2,19,21)(H,22,24)(H,23,26). The summed E-state index contributed by atoms with van der Waals surface area (Å²) in [7, 11) is 0. The van der Waals surface area contributed by atoms with Crippen LogP contribution < -0.4 is 11.1 Å². The Kier molecular flexibility index (Phi) is 5.30. The number of nitrogens with one attached hydrogen (secondary N) is 2. The summed E-state index contributed by atoms with van der Waals surface area (Å²) in [5.41, 5.74) is 7.36. The van der Waals surface area contributed by atoms with E-state index in [9.17, 15) is 9.59 Å². The molecule has 0 aliphatic carbocycles. The van der Waals surface area contributed by atoms with Crippen molar-refractivity contribution in [1.29, 1.82) is 0 Å². The van der Waals surface area contributed by atoms with Gasteiger partial charge in [0.2, 0.25) is 0 Å². The molecule has 0 fully saturated rings. The van der Waals surface area contributed by atoms with Crippen LogP contribution >= 0.6 is 0 Å². The molecule has 4 N–H and O–H groups in total. The van der Waals surface area contributed by atoms with E-state index in [2.05, 4.69) is 25.5 Å². The number of hydrogen-bond donors (Lipinski definition) is 3. The monoisotopic (exact) mass is 367 g/mol. The zero-order valence-corrected chi connectivity index (χ0v) is 15.1. The SMILES string of the molecule is CC(C)CN(Cc1ccccn1)C(=O)C(=O)Nc1cnc(N)c2cn[nH]c12. The third kappa shape index (κ3) is 4.20. The van der Waals surface area contributed by atoms with Crippen molar-refractivity contribution in [1.82, 2.24) is 25.1 Å². The number of H-pyrrole nitrogens is 1. The van der Waals surface area contributed by atoms with E-state index in [0.717, 1.165) is 0 Å². The van der Waals surface area contributed by atoms with E-state index >= 15 is 0 Å². The molecule has 0 aliphatic heterocycles. The van der Waals surface area contributed by atoms with Gasteiger partial charge in [-0.2, -0.15) is 5.10 Å². The first-order valence-electron chi connectivity index (χ1n) is 8.53. The molecule has 3 aromatic heterocycles. The van der Waals surface area contributed by atoms with Crippen molar-refractivity contribution in [3.63, 3.8) is 0 Å². The maximum atomic E-state index is 12.7. The van der Waals surface area contributed by atoms with Gasteiger partial charge in [0, 0.05) is 12.7 Å². The van der Waals surface area contributed by atoms with Crippen molar-refractivity contribution in [3.05, 3.63) is 42.5 Å². The number of hydrogen-bond acceptors (Lipinski definition) is 6. The number of carbonyl (C=O) groups is 2. The smallest absolute Gasteiger partial charge is 0.314 e. The van der Waals surface area contributed by atoms with Gasteiger partial charge < -0.3 is 16.0 Å². The molecule has 2 amide bonds. The van der Waals surface area contributed by atoms with Gasteiger partial charge in [0.15, 0.2) is 0 Å². The fourth-order valence-electron chi connectivity index (χ4n) is 2.72. The first kappa shape index (κ1) is 18.3. The Bertz CT molecular complexity index is 953. The summed E-state index contributed by atoms with van der Waals surface area (Å²) >= 11 is 0. The Labute approximate surface area is 156 Å². The van der Waals surface area contributed by atoms with Gasteiger partial charge in [-0.05, 0) is 18.1 Å². The number of nitrogens with zero attached hydrogens (tertiary/aromatic N) is 4. The number of carbonyl (C=O) groups excluding carboxylic acids is 2. The third-order valence-electron chi connectivity index (χ3n) is 3.91. The summed E-state index contributed by atoms with van der Waals surface area (Å²) in [6.07, 6.45) is 4.57. The number of amides is 2. The Hall–Kier alpha value is -3.49. The van der Waals surface area contributed by atoms with E-state index in [1.165, 1.54) is 17.3 Å². The van der Waals surface area contributed by atoms with Crippen molar-refractivity contribution in [2.24, 2.45) is 5.92 Å². The number of pyridine rings is 2. The van der Waals surface area contributed by atoms with Crippen LogP contribution in [0.15, 0.2) is 36.8 Å². The fourth-order valence-corrected chi connectivity index (χ4v) is 2.72. The van der Waals surface area contributed by atoms with Gasteiger partial charge in [-0.15, -0.1) is 0 Å². The molecule has 3 heterocycles. The van der Waals surface area contributed by atoms with E-state index in [1.807, 2.05) is 26.0 Å². The van der Waals surface area contributed by atoms with Gasteiger partial charge >= 0.3 is 11.8 Å². The highest BCUT2D eigenvalue weighted by Gasteiger charge is 2.24. The predicted octanol–water partition coefficient (Wildman–Crippen LogP) is 1.56. The number of aromatic amines is 1. The van der Waals surface area contributed by atoms with Crippen molar-refractivity contribution in [2.75, 3.05) is 17.6 Å². The van der Waals surface area contributed by atoms with Crippen LogP contribution in [0.4, 0.5) is 11.5 Å². The molecule has 9 heteroatoms. The van der Waals surface area contributed by atoms with Crippen LogP contribution in [0.3, 0.4) is 0 Å². The zero-order chi connectivity index (χ0) is 19.4. The normalized spacial score (nSPS) is 10.9. The van der Waals surface area contributed by atoms with Gasteiger partial charge in [-0.3, -0.25) is 19.7 Å². The van der Waals surface area contributed by atoms with Crippen molar-refractivity contribution < 1.29 is 9.59 Å². The maximum Gasteiger partial charge on any atom is 0.314 e. The average Bonchev–Trinajstić information content (AvgIpc) is 3.14. The number of aromatic nitrogens is 4. The van der Waals surface area contributed by atoms with Crippen LogP contribution in [-0.4, -0.2) is 43.4 Å². The van der Waals surface area contributed by atoms with E-state index in [4.69, 9.17) is 5.73 Å². The second kappa shape index (κ2) is 7.81. The lowest BCUT2D eigenvalue weighted by molar-refractivity contribution is -0.144. The largest absolute Gasteiger partial charge is 0.383 e. The topological polar surface area (TPSA) is 130 Å². The van der Waals surface area contributed by atoms with Gasteiger partial charge in [-0.25, -0.2) is 4.98 Å². The quantitative estimate of drug-likeness (QED) is 0.587. The summed E-state index contributed by atoms with van der Waals surface area (Å²) in [5, 5.41) is 9.83. The minimum Gasteiger partial charge on any atom is -0.383 e. The van der Waals surface area contributed by atoms with Crippen molar-refractivity contribution in [2.45, 2.75) is 20.4 Å². The molecule has 140 valence electrons. The number of fused-ring (bicyclic) bond motifs is 1. The second-order valence-corrected chi connectivity index (χ2v) is 6.57. The molecule has 0 saturated carbocycles. The lowest BCUT2D eigenvalue weighted by Crippen LogP contribution is -2.41. The molecule has 0 aliphatic rings. The maximum absolute atomic E-state index is 12.7. The van der Waals surface area contributed by atoms with E-state index in [-0.39, 0.29) is 12.5 Å². The molecule has 0 radical (unpaired) electrons. The number of anilines is 2. The summed E-state index contributed by atoms with van der Waals surface area (Å²) < 4.78 is 0. The van der Waals surface area contributed by atoms with Crippen LogP contribution in [-0.2, 0) is 16.1 Å². The Morgan fingerprint density at radius 1 is 1.26 bits per heavy atom. The molecule has 0 aromatic carbocycles. The molecule has 0 saturated heterocycles. The molecule has 0 atom stereocenters. The Morgan fingerprint density at radius 2 is 2.07 bits per heavy atom. The lowest BCUT2D eigenvalue weighted by Gasteiger charge is -2.23. The molecule has 3 rings (SSSR count). The summed E-state index contributed by atoms with van der Waals surface area (Å²) in [5.74, 6) is -0.907. The average molecular weight is 367 g/mol. The highest BCUT2D eigenvalue weighted by Crippen LogP contribution is 2.23. The number of rotatable bonds is 5. The molecule has 27 heavy (non-hydrogen) atoms. The molecule has 0 unspecified atom stereocenters. The molecule has 3 aromatic rings. The van der Waals surface area contributed by atoms with Crippen LogP contribution in [0.2, 0.25) is 0 Å². The number of nitrogen functional groups attached to an aromatic ring is 1. The second-order valence-electron chi connectivity index (χ2n) is 6.57. The molecule has 9 nitrogen and oxygen atoms in total. The highest BCUT2D eigenvalue weighted by molar-refractivity contribution is 6.40. The van der Waals surface area contributed by atoms with Crippen molar-refractivity contribution >= 4 is 34.2 Å². The van der Waals surface area contributed by atoms with E-state index in [0.29, 0.717) is 34.6 Å². The predicted molar refractivity (Wildman–Crippen MR) is 101 cm³/mol. The lowest BCUT2D eigenvalue weighted by atomic mass is 10.2. The van der Waals surface area contributed by atoms with E-state index in [1.54, 1.807) is 12.3 Å². The Balaban J connectivity index is 1.79. The van der Waals surface area contributed by atoms with E-state index < -0.39 is 11.8 Å². The first-order valence-corrected chi connectivity index (χ1v) is 8.53. The summed E-state index contributed by atoms with van der Waals surface area (Å²) in [4.78, 5) is 35.0. The summed E-state index contributed by atoms with van der Waals surface area (Å²) in [6.45, 7) is 4.65. The van der Waals surface area contributed by atoms with Gasteiger partial charge in [0.05, 0.1) is 41.2 Å². The first-order chi connectivity index (χ1) is 13.0. The van der Waals surface area contributed by atoms with Crippen LogP contribution in [0.25, 0.3) is 10.9 Å². The minimum absolute atomic E-state index is 0.197. The van der Waals surface area contributed by atoms with Crippen LogP contribution in [0, 0.1) is 5.92 Å². The van der Waals surface area contributed by atoms with Gasteiger partial charge in [0.1, 0.15) is 5.82 Å². The van der Waals surface area contributed by atoms with Crippen LogP contribution in [0.5, 0.6) is 0 Å². The minimum atomic E-state index is -0.756. The number of nitrogens with two attached hydrogens (primary N) is 1. The third-order valence-corrected chi connectivity index (χ3v) is 3.91. The molecular weight excluding hydrogens is 346 g/mol. The molecular formula is C18H21N7O2. The summed E-state index contributed by atoms with van der Waals surface area (Å²) in [6, 6.07) is 5.46. The Morgan fingerprint density at radius 3 is 2.78 bits per heavy atom. The van der Waals surface area contributed by atoms with Gasteiger partial charge in [-0.1, -0.05) is 19.9 Å². The van der Waals surface area contributed by atoms with Gasteiger partial charge in [0.25, 0.3) is 0 Å². The fraction of sp³-hybridized carbons (Fsp3) is 0.278. The molecule has 0 bridgehead atoms. The molecule has 0 spiro atoms. The zero-order valence-electron chi connectivity index (χ0n) is 15.1. The highest BCUT2D eigenvalue weighted by atomic mass is 16.2. The van der Waals surface area contributed by atoms with Crippen molar-refractivity contribution in [3.8, 4) is 0 Å².